The van der Waals surface area contributed by atoms with Crippen molar-refractivity contribution in [3.63, 3.8) is 0 Å². The number of rotatable bonds is 11. The van der Waals surface area contributed by atoms with Crippen LogP contribution in [0, 0.1) is 42.9 Å². The molecule has 8 nitrogen and oxygen atoms in total. The monoisotopic (exact) mass is 1210 g/mol. The van der Waals surface area contributed by atoms with Crippen molar-refractivity contribution in [1.29, 1.82) is 0 Å². The minimum atomic E-state index is -3.64. The van der Waals surface area contributed by atoms with Gasteiger partial charge in [0.15, 0.2) is 9.84 Å². The van der Waals surface area contributed by atoms with Gasteiger partial charge in [0.25, 0.3) is 0 Å². The van der Waals surface area contributed by atoms with Gasteiger partial charge in [0.05, 0.1) is 16.3 Å². The van der Waals surface area contributed by atoms with Crippen molar-refractivity contribution in [2.45, 2.75) is 72.4 Å². The quantitative estimate of drug-likeness (QED) is 0.120. The average Bonchev–Trinajstić information content (AvgIpc) is 3.94. The van der Waals surface area contributed by atoms with E-state index >= 15 is 8.78 Å². The highest BCUT2D eigenvalue weighted by molar-refractivity contribution is 14.1. The van der Waals surface area contributed by atoms with Crippen molar-refractivity contribution in [2.75, 3.05) is 78.2 Å². The number of hydrogen-bond acceptors (Lipinski definition) is 6. The summed E-state index contributed by atoms with van der Waals surface area (Å²) in [5.41, 5.74) is 15.2. The molecule has 0 atom stereocenters. The maximum atomic E-state index is 15.3. The maximum Gasteiger partial charge on any atom is 0.177 e. The Hall–Kier alpha value is -5.80. The van der Waals surface area contributed by atoms with Gasteiger partial charge in [0, 0.05) is 130 Å². The molecule has 0 unspecified atom stereocenters. The summed E-state index contributed by atoms with van der Waals surface area (Å²) < 4.78 is 62.5. The molecule has 8 aromatic rings. The lowest BCUT2D eigenvalue weighted by Crippen LogP contribution is -2.46. The number of piperazine rings is 2. The molecule has 0 amide bonds. The summed E-state index contributed by atoms with van der Waals surface area (Å²) in [6, 6.07) is 43.2. The number of halogens is 5. The smallest absolute Gasteiger partial charge is 0.177 e. The Morgan fingerprint density at radius 2 is 0.792 bits per heavy atom. The zero-order valence-electron chi connectivity index (χ0n) is 45.3. The van der Waals surface area contributed by atoms with Gasteiger partial charge in [-0.25, -0.2) is 17.2 Å². The van der Waals surface area contributed by atoms with E-state index in [0.29, 0.717) is 26.9 Å². The summed E-state index contributed by atoms with van der Waals surface area (Å²) in [6.45, 7) is 23.2. The van der Waals surface area contributed by atoms with Crippen LogP contribution in [-0.2, 0) is 9.84 Å². The molecule has 2 aliphatic heterocycles. The number of aromatic nitrogens is 2. The molecule has 0 N–H and O–H groups in total. The fraction of sp³-hybridized carbons (Fsp3) is 0.302. The van der Waals surface area contributed by atoms with Gasteiger partial charge in [-0.1, -0.05) is 82.9 Å². The van der Waals surface area contributed by atoms with Crippen molar-refractivity contribution in [1.82, 2.24) is 9.13 Å². The molecule has 2 fully saturated rings. The molecule has 0 radical (unpaired) electrons. The standard InChI is InChI=1S/C32H35ClFN3O2S.C31H32ClFIN3/c1-21(2)37-23(4)32(40(5,38)39)30(31(37)24-8-10-26(33)11-9-24)25-18-27(34)20-29(19-25)36-16-14-35(15-17-36)28-12-6-22(3)7-13-28;1-20(2)37-22(4)30(34)29(31(37)23-7-9-25(32)10-8-23)24-17-26(33)19-28(18-24)36-15-13-35(14-16-36)27-11-5-21(3)6-12-27/h6-13,18-21H,14-17H2,1-5H3;5-12,17-20H,13-16H2,1-4H3. The summed E-state index contributed by atoms with van der Waals surface area (Å²) in [5.74, 6) is -0.605. The van der Waals surface area contributed by atoms with Gasteiger partial charge < -0.3 is 28.7 Å². The van der Waals surface area contributed by atoms with Crippen LogP contribution in [0.2, 0.25) is 10.0 Å². The second-order valence-electron chi connectivity index (χ2n) is 21.0. The summed E-state index contributed by atoms with van der Waals surface area (Å²) in [4.78, 5) is 9.45. The molecule has 2 aromatic heterocycles. The summed E-state index contributed by atoms with van der Waals surface area (Å²) in [5, 5.41) is 1.29. The van der Waals surface area contributed by atoms with Crippen LogP contribution in [0.5, 0.6) is 0 Å². The summed E-state index contributed by atoms with van der Waals surface area (Å²) in [7, 11) is -3.64. The zero-order valence-corrected chi connectivity index (χ0v) is 49.8. The number of nitrogens with zero attached hydrogens (tertiary/aromatic N) is 6. The van der Waals surface area contributed by atoms with E-state index in [9.17, 15) is 8.42 Å². The third-order valence-electron chi connectivity index (χ3n) is 14.8. The Balaban J connectivity index is 0.000000188. The Morgan fingerprint density at radius 1 is 0.455 bits per heavy atom. The first-order valence-corrected chi connectivity index (χ1v) is 30.0. The Labute approximate surface area is 477 Å². The van der Waals surface area contributed by atoms with Crippen LogP contribution in [0.1, 0.15) is 62.3 Å². The van der Waals surface area contributed by atoms with Gasteiger partial charge in [-0.2, -0.15) is 0 Å². The fourth-order valence-electron chi connectivity index (χ4n) is 11.2. The van der Waals surface area contributed by atoms with Crippen molar-refractivity contribution >= 4 is 78.4 Å². The molecule has 6 aromatic carbocycles. The van der Waals surface area contributed by atoms with Crippen LogP contribution >= 0.6 is 45.8 Å². The topological polar surface area (TPSA) is 57.0 Å². The number of sulfone groups is 1. The molecule has 0 bridgehead atoms. The molecule has 0 saturated carbocycles. The minimum Gasteiger partial charge on any atom is -0.368 e. The fourth-order valence-corrected chi connectivity index (χ4v) is 13.5. The van der Waals surface area contributed by atoms with Crippen molar-refractivity contribution < 1.29 is 17.2 Å². The van der Waals surface area contributed by atoms with Crippen LogP contribution in [0.3, 0.4) is 0 Å². The molecule has 4 heterocycles. The summed E-state index contributed by atoms with van der Waals surface area (Å²) in [6.07, 6.45) is 1.22. The lowest BCUT2D eigenvalue weighted by atomic mass is 9.99. The van der Waals surface area contributed by atoms with Gasteiger partial charge in [-0.15, -0.1) is 0 Å². The predicted molar refractivity (Wildman–Crippen MR) is 328 cm³/mol. The molecule has 402 valence electrons. The van der Waals surface area contributed by atoms with Crippen LogP contribution in [0.25, 0.3) is 44.8 Å². The highest BCUT2D eigenvalue weighted by Gasteiger charge is 2.31. The van der Waals surface area contributed by atoms with Gasteiger partial charge in [-0.05, 0) is 185 Å². The first kappa shape index (κ1) is 55.9. The third kappa shape index (κ3) is 12.1. The van der Waals surface area contributed by atoms with Crippen molar-refractivity contribution in [3.05, 3.63) is 181 Å². The third-order valence-corrected chi connectivity index (χ3v) is 17.9. The second-order valence-corrected chi connectivity index (χ2v) is 24.9. The first-order valence-electron chi connectivity index (χ1n) is 26.3. The summed E-state index contributed by atoms with van der Waals surface area (Å²) >= 11 is 14.8. The van der Waals surface area contributed by atoms with E-state index in [4.69, 9.17) is 23.2 Å². The van der Waals surface area contributed by atoms with Crippen molar-refractivity contribution in [2.24, 2.45) is 0 Å². The van der Waals surface area contributed by atoms with Crippen LogP contribution in [0.15, 0.2) is 138 Å². The number of benzene rings is 6. The molecule has 10 rings (SSSR count). The highest BCUT2D eigenvalue weighted by atomic mass is 127. The van der Waals surface area contributed by atoms with Crippen LogP contribution < -0.4 is 19.6 Å². The van der Waals surface area contributed by atoms with Gasteiger partial charge in [-0.3, -0.25) is 0 Å². The second kappa shape index (κ2) is 23.3. The van der Waals surface area contributed by atoms with E-state index in [1.54, 1.807) is 30.3 Å². The SMILES string of the molecule is Cc1ccc(N2CCN(c3cc(F)cc(-c4c(I)c(C)n(C(C)C)c4-c4ccc(Cl)cc4)c3)CC2)cc1.Cc1ccc(N2CCN(c3cc(F)cc(-c4c(S(C)(=O)=O)c(C)n(C(C)C)c4-c4ccc(Cl)cc4)c3)CC2)cc1. The zero-order chi connectivity index (χ0) is 55.0. The van der Waals surface area contributed by atoms with Gasteiger partial charge in [0.1, 0.15) is 11.6 Å². The van der Waals surface area contributed by atoms with E-state index in [-0.39, 0.29) is 22.8 Å². The van der Waals surface area contributed by atoms with E-state index in [1.807, 2.05) is 55.7 Å². The van der Waals surface area contributed by atoms with Gasteiger partial charge >= 0.3 is 0 Å². The van der Waals surface area contributed by atoms with E-state index in [1.165, 1.54) is 40.5 Å². The first-order chi connectivity index (χ1) is 36.7. The predicted octanol–water partition coefficient (Wildman–Crippen LogP) is 16.3. The molecule has 2 aliphatic rings. The molecule has 0 aliphatic carbocycles. The molecule has 0 spiro atoms. The Kier molecular flexibility index (Phi) is 16.9. The number of anilines is 4. The normalized spacial score (nSPS) is 14.2. The number of hydrogen-bond donors (Lipinski definition) is 0. The van der Waals surface area contributed by atoms with E-state index < -0.39 is 15.7 Å². The van der Waals surface area contributed by atoms with Gasteiger partial charge in [0.2, 0.25) is 0 Å². The lowest BCUT2D eigenvalue weighted by Gasteiger charge is -2.37. The Morgan fingerprint density at radius 3 is 1.16 bits per heavy atom. The molecule has 2 saturated heterocycles. The van der Waals surface area contributed by atoms with Crippen molar-refractivity contribution in [3.8, 4) is 44.8 Å². The Bertz CT molecular complexity index is 3510. The maximum absolute atomic E-state index is 15.3. The highest BCUT2D eigenvalue weighted by Crippen LogP contribution is 2.46. The lowest BCUT2D eigenvalue weighted by molar-refractivity contribution is 0.583. The molecule has 77 heavy (non-hydrogen) atoms. The van der Waals surface area contributed by atoms with E-state index in [2.05, 4.69) is 148 Å². The molecule has 14 heteroatoms. The number of aryl methyl sites for hydroxylation is 2. The molecular weight excluding hydrogens is 1140 g/mol. The molecular formula is C63H67Cl2F2IN6O2S. The largest absolute Gasteiger partial charge is 0.368 e. The van der Waals surface area contributed by atoms with E-state index in [0.717, 1.165) is 101 Å². The van der Waals surface area contributed by atoms with Crippen LogP contribution in [-0.4, -0.2) is 76.2 Å². The average molecular weight is 1210 g/mol. The minimum absolute atomic E-state index is 0.0252. The van der Waals surface area contributed by atoms with Crippen LogP contribution in [0.4, 0.5) is 31.5 Å².